The van der Waals surface area contributed by atoms with Crippen LogP contribution < -0.4 is 10.2 Å². The predicted octanol–water partition coefficient (Wildman–Crippen LogP) is 1.82. The number of nitrogens with one attached hydrogen (secondary N) is 1. The van der Waals surface area contributed by atoms with Crippen molar-refractivity contribution >= 4 is 5.82 Å². The number of anilines is 1. The Balaban J connectivity index is 2.68. The van der Waals surface area contributed by atoms with Crippen molar-refractivity contribution in [2.45, 2.75) is 33.2 Å². The molecule has 0 spiro atoms. The van der Waals surface area contributed by atoms with Gasteiger partial charge in [-0.1, -0.05) is 13.8 Å². The summed E-state index contributed by atoms with van der Waals surface area (Å²) in [4.78, 5) is 11.1. The highest BCUT2D eigenvalue weighted by atomic mass is 15.2. The third-order valence-electron chi connectivity index (χ3n) is 2.36. The van der Waals surface area contributed by atoms with E-state index in [2.05, 4.69) is 34.0 Å². The summed E-state index contributed by atoms with van der Waals surface area (Å²) in [5, 5.41) is 3.07. The van der Waals surface area contributed by atoms with Gasteiger partial charge in [-0.3, -0.25) is 4.98 Å². The fourth-order valence-corrected chi connectivity index (χ4v) is 1.66. The van der Waals surface area contributed by atoms with Crippen LogP contribution in [0, 0.1) is 0 Å². The van der Waals surface area contributed by atoms with Crippen LogP contribution >= 0.6 is 0 Å². The van der Waals surface area contributed by atoms with Crippen LogP contribution in [-0.4, -0.2) is 30.1 Å². The summed E-state index contributed by atoms with van der Waals surface area (Å²) in [5.41, 5.74) is 0.985. The normalized spacial score (nSPS) is 10.4. The first-order valence-corrected chi connectivity index (χ1v) is 6.02. The van der Waals surface area contributed by atoms with E-state index in [1.807, 2.05) is 19.4 Å². The predicted molar refractivity (Wildman–Crippen MR) is 67.6 cm³/mol. The number of rotatable bonds is 7. The van der Waals surface area contributed by atoms with Crippen molar-refractivity contribution in [1.29, 1.82) is 0 Å². The summed E-state index contributed by atoms with van der Waals surface area (Å²) in [6.45, 7) is 7.24. The largest absolute Gasteiger partial charge is 0.355 e. The highest BCUT2D eigenvalue weighted by Gasteiger charge is 2.06. The van der Waals surface area contributed by atoms with Crippen LogP contribution in [0.25, 0.3) is 0 Å². The van der Waals surface area contributed by atoms with E-state index < -0.39 is 0 Å². The maximum absolute atomic E-state index is 4.46. The Labute approximate surface area is 98.1 Å². The van der Waals surface area contributed by atoms with Crippen molar-refractivity contribution in [1.82, 2.24) is 15.3 Å². The molecular formula is C12H22N4. The standard InChI is InChI=1S/C12H22N4/c1-4-6-16(7-5-2)12-10-14-11(8-13-3)9-15-12/h9-10,13H,4-8H2,1-3H3. The molecule has 0 amide bonds. The van der Waals surface area contributed by atoms with Crippen LogP contribution in [0.5, 0.6) is 0 Å². The van der Waals surface area contributed by atoms with Crippen molar-refractivity contribution in [2.75, 3.05) is 25.0 Å². The van der Waals surface area contributed by atoms with Gasteiger partial charge in [0, 0.05) is 19.6 Å². The lowest BCUT2D eigenvalue weighted by molar-refractivity contribution is 0.725. The Morgan fingerprint density at radius 3 is 2.25 bits per heavy atom. The highest BCUT2D eigenvalue weighted by Crippen LogP contribution is 2.10. The van der Waals surface area contributed by atoms with Gasteiger partial charge >= 0.3 is 0 Å². The fourth-order valence-electron chi connectivity index (χ4n) is 1.66. The van der Waals surface area contributed by atoms with Crippen molar-refractivity contribution in [3.8, 4) is 0 Å². The third kappa shape index (κ3) is 3.77. The number of hydrogen-bond acceptors (Lipinski definition) is 4. The minimum atomic E-state index is 0.773. The van der Waals surface area contributed by atoms with Crippen molar-refractivity contribution < 1.29 is 0 Å². The van der Waals surface area contributed by atoms with E-state index in [-0.39, 0.29) is 0 Å². The summed E-state index contributed by atoms with van der Waals surface area (Å²) in [6, 6.07) is 0. The van der Waals surface area contributed by atoms with Gasteiger partial charge in [-0.15, -0.1) is 0 Å². The van der Waals surface area contributed by atoms with E-state index in [4.69, 9.17) is 0 Å². The lowest BCUT2D eigenvalue weighted by Gasteiger charge is -2.22. The maximum atomic E-state index is 4.46. The molecule has 90 valence electrons. The first-order chi connectivity index (χ1) is 7.81. The molecule has 4 heteroatoms. The molecule has 0 unspecified atom stereocenters. The molecule has 0 atom stereocenters. The lowest BCUT2D eigenvalue weighted by atomic mass is 10.3. The summed E-state index contributed by atoms with van der Waals surface area (Å²) in [6.07, 6.45) is 6.00. The van der Waals surface area contributed by atoms with Crippen LogP contribution in [0.2, 0.25) is 0 Å². The summed E-state index contributed by atoms with van der Waals surface area (Å²) in [7, 11) is 1.91. The minimum absolute atomic E-state index is 0.773. The topological polar surface area (TPSA) is 41.1 Å². The van der Waals surface area contributed by atoms with Gasteiger partial charge in [0.15, 0.2) is 0 Å². The maximum Gasteiger partial charge on any atom is 0.147 e. The quantitative estimate of drug-likeness (QED) is 0.764. The Hall–Kier alpha value is -1.16. The van der Waals surface area contributed by atoms with E-state index >= 15 is 0 Å². The van der Waals surface area contributed by atoms with Crippen LogP contribution in [0.15, 0.2) is 12.4 Å². The molecule has 4 nitrogen and oxygen atoms in total. The average Bonchev–Trinajstić information content (AvgIpc) is 2.30. The summed E-state index contributed by atoms with van der Waals surface area (Å²) >= 11 is 0. The van der Waals surface area contributed by atoms with Crippen LogP contribution in [0.3, 0.4) is 0 Å². The lowest BCUT2D eigenvalue weighted by Crippen LogP contribution is -2.26. The Kier molecular flexibility index (Phi) is 5.78. The summed E-state index contributed by atoms with van der Waals surface area (Å²) in [5.74, 6) is 0.989. The van der Waals surface area contributed by atoms with Gasteiger partial charge < -0.3 is 10.2 Å². The molecule has 1 aromatic heterocycles. The van der Waals surface area contributed by atoms with Crippen LogP contribution in [-0.2, 0) is 6.54 Å². The fraction of sp³-hybridized carbons (Fsp3) is 0.667. The molecule has 1 heterocycles. The number of hydrogen-bond donors (Lipinski definition) is 1. The van der Waals surface area contributed by atoms with E-state index in [0.29, 0.717) is 0 Å². The van der Waals surface area contributed by atoms with E-state index in [9.17, 15) is 0 Å². The highest BCUT2D eigenvalue weighted by molar-refractivity contribution is 5.35. The molecule has 16 heavy (non-hydrogen) atoms. The Morgan fingerprint density at radius 2 is 1.81 bits per heavy atom. The second-order valence-electron chi connectivity index (χ2n) is 3.88. The molecule has 0 aliphatic carbocycles. The zero-order valence-electron chi connectivity index (χ0n) is 10.5. The van der Waals surface area contributed by atoms with Gasteiger partial charge in [-0.05, 0) is 19.9 Å². The van der Waals surface area contributed by atoms with Gasteiger partial charge in [-0.25, -0.2) is 4.98 Å². The SMILES string of the molecule is CCCN(CCC)c1cnc(CNC)cn1. The molecule has 0 aromatic carbocycles. The zero-order valence-corrected chi connectivity index (χ0v) is 10.5. The minimum Gasteiger partial charge on any atom is -0.355 e. The monoisotopic (exact) mass is 222 g/mol. The third-order valence-corrected chi connectivity index (χ3v) is 2.36. The molecule has 1 N–H and O–H groups in total. The second kappa shape index (κ2) is 7.17. The Bertz CT molecular complexity index is 278. The van der Waals surface area contributed by atoms with E-state index in [1.54, 1.807) is 0 Å². The van der Waals surface area contributed by atoms with Crippen LogP contribution in [0.1, 0.15) is 32.4 Å². The second-order valence-corrected chi connectivity index (χ2v) is 3.88. The molecule has 1 rings (SSSR count). The Morgan fingerprint density at radius 1 is 1.12 bits per heavy atom. The first-order valence-electron chi connectivity index (χ1n) is 6.02. The average molecular weight is 222 g/mol. The number of nitrogens with zero attached hydrogens (tertiary/aromatic N) is 3. The number of aromatic nitrogens is 2. The smallest absolute Gasteiger partial charge is 0.147 e. The van der Waals surface area contributed by atoms with Crippen molar-refractivity contribution in [2.24, 2.45) is 0 Å². The molecule has 0 radical (unpaired) electrons. The molecule has 1 aromatic rings. The van der Waals surface area contributed by atoms with Gasteiger partial charge in [0.1, 0.15) is 5.82 Å². The van der Waals surface area contributed by atoms with Crippen molar-refractivity contribution in [3.05, 3.63) is 18.1 Å². The molecule has 0 bridgehead atoms. The van der Waals surface area contributed by atoms with Crippen molar-refractivity contribution in [3.63, 3.8) is 0 Å². The van der Waals surface area contributed by atoms with Gasteiger partial charge in [-0.2, -0.15) is 0 Å². The van der Waals surface area contributed by atoms with Crippen LogP contribution in [0.4, 0.5) is 5.82 Å². The zero-order chi connectivity index (χ0) is 11.8. The molecule has 0 fully saturated rings. The van der Waals surface area contributed by atoms with Gasteiger partial charge in [0.25, 0.3) is 0 Å². The molecule has 0 aliphatic rings. The molecule has 0 saturated heterocycles. The molecule has 0 saturated carbocycles. The molecular weight excluding hydrogens is 200 g/mol. The van der Waals surface area contributed by atoms with Gasteiger partial charge in [0.2, 0.25) is 0 Å². The van der Waals surface area contributed by atoms with E-state index in [1.165, 1.54) is 0 Å². The van der Waals surface area contributed by atoms with Gasteiger partial charge in [0.05, 0.1) is 18.1 Å². The first kappa shape index (κ1) is 12.9. The van der Waals surface area contributed by atoms with E-state index in [0.717, 1.165) is 44.0 Å². The molecule has 0 aliphatic heterocycles. The summed E-state index contributed by atoms with van der Waals surface area (Å²) < 4.78 is 0.